The Labute approximate surface area is 161 Å². The Morgan fingerprint density at radius 3 is 2.70 bits per heavy atom. The van der Waals surface area contributed by atoms with Gasteiger partial charge in [0, 0.05) is 6.04 Å². The van der Waals surface area contributed by atoms with E-state index in [4.69, 9.17) is 4.98 Å². The standard InChI is InChI=1S/C19H22N4O3S/c1-5-19(4,18(25)26)22-17(24)12-9-14(15-7-6-8-27-15)21-16-13(12)10-20-23(16)11(2)3/h6-11H,5H2,1-4H3,(H,22,24)(H,25,26). The van der Waals surface area contributed by atoms with Crippen LogP contribution in [0.25, 0.3) is 21.6 Å². The van der Waals surface area contributed by atoms with Gasteiger partial charge >= 0.3 is 5.97 Å². The van der Waals surface area contributed by atoms with Crippen LogP contribution >= 0.6 is 11.3 Å². The molecule has 1 amide bonds. The van der Waals surface area contributed by atoms with Crippen LogP contribution in [0.4, 0.5) is 0 Å². The second kappa shape index (κ2) is 7.11. The van der Waals surface area contributed by atoms with E-state index >= 15 is 0 Å². The van der Waals surface area contributed by atoms with Crippen LogP contribution in [0.15, 0.2) is 29.8 Å². The molecule has 3 rings (SSSR count). The van der Waals surface area contributed by atoms with E-state index in [0.717, 1.165) is 4.88 Å². The lowest BCUT2D eigenvalue weighted by Gasteiger charge is -2.24. The Bertz CT molecular complexity index is 994. The van der Waals surface area contributed by atoms with E-state index < -0.39 is 17.4 Å². The zero-order valence-electron chi connectivity index (χ0n) is 15.7. The number of aromatic nitrogens is 3. The van der Waals surface area contributed by atoms with E-state index in [9.17, 15) is 14.7 Å². The highest BCUT2D eigenvalue weighted by Gasteiger charge is 2.34. The molecule has 142 valence electrons. The van der Waals surface area contributed by atoms with E-state index in [1.54, 1.807) is 23.9 Å². The minimum Gasteiger partial charge on any atom is -0.480 e. The van der Waals surface area contributed by atoms with Crippen LogP contribution in [-0.4, -0.2) is 37.3 Å². The van der Waals surface area contributed by atoms with Gasteiger partial charge in [0.15, 0.2) is 5.65 Å². The van der Waals surface area contributed by atoms with Crippen molar-refractivity contribution < 1.29 is 14.7 Å². The molecule has 0 aromatic carbocycles. The second-order valence-electron chi connectivity index (χ2n) is 6.90. The van der Waals surface area contributed by atoms with Gasteiger partial charge in [0.05, 0.1) is 27.7 Å². The molecule has 2 N–H and O–H groups in total. The summed E-state index contributed by atoms with van der Waals surface area (Å²) >= 11 is 1.53. The molecule has 0 saturated heterocycles. The van der Waals surface area contributed by atoms with Gasteiger partial charge in [-0.1, -0.05) is 13.0 Å². The fraction of sp³-hybridized carbons (Fsp3) is 0.368. The summed E-state index contributed by atoms with van der Waals surface area (Å²) in [4.78, 5) is 30.2. The zero-order chi connectivity index (χ0) is 19.8. The first-order valence-corrected chi connectivity index (χ1v) is 9.63. The van der Waals surface area contributed by atoms with Gasteiger partial charge in [0.25, 0.3) is 5.91 Å². The molecule has 0 aliphatic rings. The molecule has 1 atom stereocenters. The smallest absolute Gasteiger partial charge is 0.329 e. The summed E-state index contributed by atoms with van der Waals surface area (Å²) in [6.45, 7) is 7.21. The van der Waals surface area contributed by atoms with Gasteiger partial charge < -0.3 is 10.4 Å². The first-order chi connectivity index (χ1) is 12.8. The molecule has 0 aliphatic heterocycles. The predicted octanol–water partition coefficient (Wildman–Crippen LogP) is 3.72. The minimum atomic E-state index is -1.34. The van der Waals surface area contributed by atoms with Crippen LogP contribution in [-0.2, 0) is 4.79 Å². The molecule has 0 radical (unpaired) electrons. The number of carbonyl (C=O) groups excluding carboxylic acids is 1. The monoisotopic (exact) mass is 386 g/mol. The molecule has 8 heteroatoms. The van der Waals surface area contributed by atoms with Crippen LogP contribution in [0.2, 0.25) is 0 Å². The van der Waals surface area contributed by atoms with Crippen molar-refractivity contribution in [2.24, 2.45) is 0 Å². The fourth-order valence-electron chi connectivity index (χ4n) is 2.75. The highest BCUT2D eigenvalue weighted by Crippen LogP contribution is 2.29. The molecular weight excluding hydrogens is 364 g/mol. The molecule has 3 aromatic heterocycles. The third kappa shape index (κ3) is 3.44. The van der Waals surface area contributed by atoms with E-state index in [-0.39, 0.29) is 12.5 Å². The molecule has 27 heavy (non-hydrogen) atoms. The number of pyridine rings is 1. The summed E-state index contributed by atoms with van der Waals surface area (Å²) in [6.07, 6.45) is 1.88. The topological polar surface area (TPSA) is 97.1 Å². The molecule has 0 spiro atoms. The Morgan fingerprint density at radius 2 is 2.15 bits per heavy atom. The quantitative estimate of drug-likeness (QED) is 0.673. The summed E-state index contributed by atoms with van der Waals surface area (Å²) in [5.41, 5.74) is 0.300. The van der Waals surface area contributed by atoms with Crippen molar-refractivity contribution in [1.82, 2.24) is 20.1 Å². The Morgan fingerprint density at radius 1 is 1.41 bits per heavy atom. The molecule has 3 heterocycles. The SMILES string of the molecule is CCC(C)(NC(=O)c1cc(-c2cccs2)nc2c1cnn2C(C)C)C(=O)O. The third-order valence-corrected chi connectivity index (χ3v) is 5.54. The van der Waals surface area contributed by atoms with Crippen molar-refractivity contribution in [1.29, 1.82) is 0 Å². The van der Waals surface area contributed by atoms with Crippen LogP contribution in [0, 0.1) is 0 Å². The van der Waals surface area contributed by atoms with Crippen LogP contribution in [0.5, 0.6) is 0 Å². The average molecular weight is 386 g/mol. The highest BCUT2D eigenvalue weighted by atomic mass is 32.1. The first-order valence-electron chi connectivity index (χ1n) is 8.75. The van der Waals surface area contributed by atoms with Crippen LogP contribution < -0.4 is 5.32 Å². The van der Waals surface area contributed by atoms with Gasteiger partial charge in [-0.2, -0.15) is 5.10 Å². The van der Waals surface area contributed by atoms with Crippen molar-refractivity contribution in [3.8, 4) is 10.6 Å². The average Bonchev–Trinajstić information content (AvgIpc) is 3.29. The predicted molar refractivity (Wildman–Crippen MR) is 105 cm³/mol. The molecule has 1 unspecified atom stereocenters. The number of carboxylic acid groups (broad SMARTS) is 1. The van der Waals surface area contributed by atoms with E-state index in [1.807, 2.05) is 31.4 Å². The normalized spacial score (nSPS) is 13.7. The largest absolute Gasteiger partial charge is 0.480 e. The number of thiophene rings is 1. The maximum absolute atomic E-state index is 13.0. The van der Waals surface area contributed by atoms with Gasteiger partial charge in [0.2, 0.25) is 0 Å². The number of amides is 1. The summed E-state index contributed by atoms with van der Waals surface area (Å²) in [5.74, 6) is -1.52. The van der Waals surface area contributed by atoms with Crippen molar-refractivity contribution in [2.75, 3.05) is 0 Å². The van der Waals surface area contributed by atoms with E-state index in [0.29, 0.717) is 22.3 Å². The summed E-state index contributed by atoms with van der Waals surface area (Å²) in [5, 5.41) is 19.1. The number of rotatable bonds is 6. The van der Waals surface area contributed by atoms with Gasteiger partial charge in [-0.25, -0.2) is 14.5 Å². The summed E-state index contributed by atoms with van der Waals surface area (Å²) in [7, 11) is 0. The van der Waals surface area contributed by atoms with Crippen molar-refractivity contribution in [2.45, 2.75) is 45.7 Å². The van der Waals surface area contributed by atoms with Gasteiger partial charge in [-0.05, 0) is 44.7 Å². The number of aliphatic carboxylic acids is 1. The molecule has 3 aromatic rings. The first kappa shape index (κ1) is 19.0. The lowest BCUT2D eigenvalue weighted by Crippen LogP contribution is -2.51. The van der Waals surface area contributed by atoms with Gasteiger partial charge in [0.1, 0.15) is 5.54 Å². The van der Waals surface area contributed by atoms with Crippen molar-refractivity contribution in [3.63, 3.8) is 0 Å². The Balaban J connectivity index is 2.16. The molecule has 0 fully saturated rings. The van der Waals surface area contributed by atoms with E-state index in [2.05, 4.69) is 10.4 Å². The molecule has 0 aliphatic carbocycles. The third-order valence-electron chi connectivity index (χ3n) is 4.64. The van der Waals surface area contributed by atoms with Crippen LogP contribution in [0.3, 0.4) is 0 Å². The lowest BCUT2D eigenvalue weighted by atomic mass is 9.98. The highest BCUT2D eigenvalue weighted by molar-refractivity contribution is 7.13. The second-order valence-corrected chi connectivity index (χ2v) is 7.85. The van der Waals surface area contributed by atoms with E-state index in [1.165, 1.54) is 18.3 Å². The summed E-state index contributed by atoms with van der Waals surface area (Å²) < 4.78 is 1.76. The maximum atomic E-state index is 13.0. The van der Waals surface area contributed by atoms with Gasteiger partial charge in [-0.15, -0.1) is 11.3 Å². The van der Waals surface area contributed by atoms with Crippen molar-refractivity contribution >= 4 is 34.2 Å². The molecular formula is C19H22N4O3S. The number of nitrogens with zero attached hydrogens (tertiary/aromatic N) is 3. The molecule has 0 saturated carbocycles. The number of hydrogen-bond acceptors (Lipinski definition) is 5. The molecule has 0 bridgehead atoms. The lowest BCUT2D eigenvalue weighted by molar-refractivity contribution is -0.143. The zero-order valence-corrected chi connectivity index (χ0v) is 16.5. The van der Waals surface area contributed by atoms with Gasteiger partial charge in [-0.3, -0.25) is 4.79 Å². The van der Waals surface area contributed by atoms with Crippen LogP contribution in [0.1, 0.15) is 50.5 Å². The molecule has 7 nitrogen and oxygen atoms in total. The fourth-order valence-corrected chi connectivity index (χ4v) is 3.43. The Kier molecular flexibility index (Phi) is 5.01. The van der Waals surface area contributed by atoms with Crippen molar-refractivity contribution in [3.05, 3.63) is 35.3 Å². The number of fused-ring (bicyclic) bond motifs is 1. The number of carboxylic acids is 1. The summed E-state index contributed by atoms with van der Waals surface area (Å²) in [6, 6.07) is 5.63. The maximum Gasteiger partial charge on any atom is 0.329 e. The number of hydrogen-bond donors (Lipinski definition) is 2. The Hall–Kier alpha value is -2.74. The number of nitrogens with one attached hydrogen (secondary N) is 1. The minimum absolute atomic E-state index is 0.0735. The number of carbonyl (C=O) groups is 2.